The minimum absolute atomic E-state index is 0. The maximum Gasteiger partial charge on any atom is 0.419 e. The van der Waals surface area contributed by atoms with Crippen LogP contribution in [-0.2, 0) is 11.0 Å². The molecule has 0 bridgehead atoms. The van der Waals surface area contributed by atoms with Crippen LogP contribution in [0.1, 0.15) is 63.8 Å². The third kappa shape index (κ3) is 8.31. The van der Waals surface area contributed by atoms with Crippen molar-refractivity contribution in [1.82, 2.24) is 20.3 Å². The third-order valence-electron chi connectivity index (χ3n) is 5.48. The normalized spacial score (nSPS) is 13.1. The molecule has 2 aromatic rings. The van der Waals surface area contributed by atoms with E-state index in [4.69, 9.17) is 0 Å². The topological polar surface area (TPSA) is 60.8 Å². The molecular weight excluding hydrogens is 462 g/mol. The lowest BCUT2D eigenvalue weighted by atomic mass is 10.0. The Balaban J connectivity index is 0.00000648. The van der Waals surface area contributed by atoms with E-state index in [2.05, 4.69) is 15.4 Å². The molecule has 0 saturated carbocycles. The number of carbonyl (C=O) groups is 1. The summed E-state index contributed by atoms with van der Waals surface area (Å²) in [6.07, 6.45) is -1.04. The first-order valence-corrected chi connectivity index (χ1v) is 11.6. The Kier molecular flexibility index (Phi) is 10.2. The molecule has 1 unspecified atom stereocenters. The van der Waals surface area contributed by atoms with Crippen LogP contribution < -0.4 is 5.43 Å². The number of hydrazine groups is 1. The number of halogens is 4. The van der Waals surface area contributed by atoms with Gasteiger partial charge in [0.2, 0.25) is 5.91 Å². The van der Waals surface area contributed by atoms with Crippen LogP contribution in [0.3, 0.4) is 0 Å². The minimum atomic E-state index is -4.81. The molecule has 1 atom stereocenters. The van der Waals surface area contributed by atoms with Crippen LogP contribution in [0, 0.1) is 12.7 Å². The molecule has 1 aromatic carbocycles. The summed E-state index contributed by atoms with van der Waals surface area (Å²) in [5, 5.41) is 1.95. The Morgan fingerprint density at radius 1 is 1.20 bits per heavy atom. The molecule has 1 aromatic heterocycles. The molecule has 0 radical (unpaired) electrons. The molecule has 35 heavy (non-hydrogen) atoms. The van der Waals surface area contributed by atoms with Crippen molar-refractivity contribution in [1.29, 1.82) is 0 Å². The highest BCUT2D eigenvalue weighted by Gasteiger charge is 2.34. The maximum atomic E-state index is 13.7. The number of amidine groups is 1. The highest BCUT2D eigenvalue weighted by atomic mass is 19.4. The SMILES string of the molecule is CCC(=Nc1ccc(F)c(C(F)(F)F)c1)NN(CCCC(=O)N(C)C)C(CC)c1ccnc(C)c1.[HH]. The molecule has 0 saturated heterocycles. The number of aliphatic imine (C=N–C) groups is 1. The number of nitrogens with one attached hydrogen (secondary N) is 1. The van der Waals surface area contributed by atoms with E-state index >= 15 is 0 Å². The van der Waals surface area contributed by atoms with Crippen LogP contribution in [0.2, 0.25) is 0 Å². The second-order valence-corrected chi connectivity index (χ2v) is 8.43. The fraction of sp³-hybridized carbons (Fsp3) is 0.480. The lowest BCUT2D eigenvalue weighted by Crippen LogP contribution is -2.45. The van der Waals surface area contributed by atoms with E-state index in [1.165, 1.54) is 11.0 Å². The number of amides is 1. The predicted octanol–water partition coefficient (Wildman–Crippen LogP) is 6.06. The zero-order valence-corrected chi connectivity index (χ0v) is 20.8. The first kappa shape index (κ1) is 28.2. The molecule has 6 nitrogen and oxygen atoms in total. The number of aryl methyl sites for hydroxylation is 1. The molecule has 1 amide bonds. The quantitative estimate of drug-likeness (QED) is 0.188. The van der Waals surface area contributed by atoms with Crippen LogP contribution in [0.25, 0.3) is 0 Å². The predicted molar refractivity (Wildman–Crippen MR) is 131 cm³/mol. The molecule has 0 aliphatic carbocycles. The van der Waals surface area contributed by atoms with Crippen molar-refractivity contribution >= 4 is 17.4 Å². The molecule has 0 aliphatic heterocycles. The molecule has 1 N–H and O–H groups in total. The fourth-order valence-corrected chi connectivity index (χ4v) is 3.63. The summed E-state index contributed by atoms with van der Waals surface area (Å²) in [6, 6.07) is 6.49. The van der Waals surface area contributed by atoms with E-state index in [0.29, 0.717) is 37.7 Å². The van der Waals surface area contributed by atoms with Crippen molar-refractivity contribution < 1.29 is 23.8 Å². The summed E-state index contributed by atoms with van der Waals surface area (Å²) in [4.78, 5) is 22.2. The number of nitrogens with zero attached hydrogens (tertiary/aromatic N) is 4. The van der Waals surface area contributed by atoms with Gasteiger partial charge in [0.25, 0.3) is 0 Å². The van der Waals surface area contributed by atoms with Crippen LogP contribution in [0.15, 0.2) is 41.5 Å². The Labute approximate surface area is 205 Å². The smallest absolute Gasteiger partial charge is 0.349 e. The highest BCUT2D eigenvalue weighted by molar-refractivity contribution is 5.84. The van der Waals surface area contributed by atoms with Crippen molar-refractivity contribution in [3.63, 3.8) is 0 Å². The standard InChI is InChI=1S/C25H33F4N5O.H2/c1-6-22(18-12-13-30-17(3)15-18)34(14-8-9-24(35)33(4)5)32-23(7-2)31-19-10-11-21(26)20(16-19)25(27,28)29;/h10-13,15-16,22H,6-9,14H2,1-5H3,(H,31,32);1H. The minimum Gasteiger partial charge on any atom is -0.349 e. The average molecular weight is 498 g/mol. The summed E-state index contributed by atoms with van der Waals surface area (Å²) in [5.41, 5.74) is 3.78. The second-order valence-electron chi connectivity index (χ2n) is 8.43. The van der Waals surface area contributed by atoms with Crippen LogP contribution in [0.4, 0.5) is 23.2 Å². The van der Waals surface area contributed by atoms with Crippen LogP contribution in [0.5, 0.6) is 0 Å². The number of hydrogen-bond donors (Lipinski definition) is 1. The van der Waals surface area contributed by atoms with Gasteiger partial charge >= 0.3 is 6.18 Å². The highest BCUT2D eigenvalue weighted by Crippen LogP contribution is 2.34. The number of aromatic nitrogens is 1. The van der Waals surface area contributed by atoms with Gasteiger partial charge in [-0.25, -0.2) is 14.4 Å². The van der Waals surface area contributed by atoms with Crippen molar-refractivity contribution in [2.24, 2.45) is 4.99 Å². The van der Waals surface area contributed by atoms with E-state index < -0.39 is 17.6 Å². The number of pyridine rings is 1. The zero-order chi connectivity index (χ0) is 26.2. The lowest BCUT2D eigenvalue weighted by Gasteiger charge is -2.33. The second kappa shape index (κ2) is 12.6. The first-order valence-electron chi connectivity index (χ1n) is 11.6. The van der Waals surface area contributed by atoms with Crippen LogP contribution >= 0.6 is 0 Å². The molecule has 1 heterocycles. The molecule has 194 valence electrons. The average Bonchev–Trinajstić information content (AvgIpc) is 2.79. The van der Waals surface area contributed by atoms with Gasteiger partial charge in [-0.05, 0) is 55.7 Å². The number of benzene rings is 1. The van der Waals surface area contributed by atoms with Crippen molar-refractivity contribution in [2.75, 3.05) is 20.6 Å². The fourth-order valence-electron chi connectivity index (χ4n) is 3.63. The van der Waals surface area contributed by atoms with Gasteiger partial charge in [-0.3, -0.25) is 9.78 Å². The zero-order valence-electron chi connectivity index (χ0n) is 20.8. The lowest BCUT2D eigenvalue weighted by molar-refractivity contribution is -0.140. The van der Waals surface area contributed by atoms with Crippen LogP contribution in [-0.4, -0.2) is 47.3 Å². The summed E-state index contributed by atoms with van der Waals surface area (Å²) in [6.45, 7) is 6.24. The van der Waals surface area contributed by atoms with Gasteiger partial charge in [-0.2, -0.15) is 13.2 Å². The summed E-state index contributed by atoms with van der Waals surface area (Å²) < 4.78 is 53.1. The molecule has 2 rings (SSSR count). The Morgan fingerprint density at radius 3 is 2.49 bits per heavy atom. The van der Waals surface area contributed by atoms with E-state index in [-0.39, 0.29) is 19.1 Å². The molecule has 10 heteroatoms. The maximum absolute atomic E-state index is 13.7. The molecule has 0 spiro atoms. The van der Waals surface area contributed by atoms with Crippen molar-refractivity contribution in [3.05, 3.63) is 59.2 Å². The van der Waals surface area contributed by atoms with Gasteiger partial charge in [0, 0.05) is 46.8 Å². The summed E-state index contributed by atoms with van der Waals surface area (Å²) in [7, 11) is 3.40. The molecule has 0 fully saturated rings. The van der Waals surface area contributed by atoms with Gasteiger partial charge in [-0.15, -0.1) is 0 Å². The summed E-state index contributed by atoms with van der Waals surface area (Å²) in [5.74, 6) is -0.908. The van der Waals surface area contributed by atoms with Crippen molar-refractivity contribution in [3.8, 4) is 0 Å². The Bertz CT molecular complexity index is 1030. The summed E-state index contributed by atoms with van der Waals surface area (Å²) >= 11 is 0. The Hall–Kier alpha value is -3.01. The number of carbonyl (C=O) groups excluding carboxylic acids is 1. The van der Waals surface area contributed by atoms with E-state index in [1.54, 1.807) is 20.3 Å². The molecule has 0 aliphatic rings. The van der Waals surface area contributed by atoms with E-state index in [0.717, 1.165) is 23.7 Å². The third-order valence-corrected chi connectivity index (χ3v) is 5.48. The number of rotatable bonds is 10. The van der Waals surface area contributed by atoms with Crippen molar-refractivity contribution in [2.45, 2.75) is 58.7 Å². The number of alkyl halides is 3. The Morgan fingerprint density at radius 2 is 1.91 bits per heavy atom. The van der Waals surface area contributed by atoms with E-state index in [1.807, 2.05) is 37.9 Å². The van der Waals surface area contributed by atoms with Gasteiger partial charge in [0.15, 0.2) is 0 Å². The van der Waals surface area contributed by atoms with Gasteiger partial charge in [0.05, 0.1) is 17.3 Å². The van der Waals surface area contributed by atoms with Gasteiger partial charge in [-0.1, -0.05) is 13.8 Å². The van der Waals surface area contributed by atoms with E-state index in [9.17, 15) is 22.4 Å². The van der Waals surface area contributed by atoms with Gasteiger partial charge in [0.1, 0.15) is 11.7 Å². The monoisotopic (exact) mass is 497 g/mol. The first-order chi connectivity index (χ1) is 16.5. The molecular formula is C25H35F4N5O. The largest absolute Gasteiger partial charge is 0.419 e. The number of hydrogen-bond acceptors (Lipinski definition) is 4. The van der Waals surface area contributed by atoms with Gasteiger partial charge < -0.3 is 10.3 Å².